The maximum absolute atomic E-state index is 13.3. The lowest BCUT2D eigenvalue weighted by molar-refractivity contribution is 0.624. The van der Waals surface area contributed by atoms with Gasteiger partial charge in [-0.3, -0.25) is 5.01 Å². The quantitative estimate of drug-likeness (QED) is 0.579. The van der Waals surface area contributed by atoms with Crippen molar-refractivity contribution in [3.63, 3.8) is 0 Å². The summed E-state index contributed by atoms with van der Waals surface area (Å²) in [5, 5.41) is 7.53. The lowest BCUT2D eigenvalue weighted by atomic mass is 9.98. The minimum absolute atomic E-state index is 0.0250. The van der Waals surface area contributed by atoms with Crippen LogP contribution in [-0.2, 0) is 0 Å². The summed E-state index contributed by atoms with van der Waals surface area (Å²) in [6, 6.07) is 24.4. The molecule has 1 aliphatic rings. The largest absolute Gasteiger partial charge is 0.257 e. The first kappa shape index (κ1) is 15.9. The second kappa shape index (κ2) is 6.69. The molecule has 0 bridgehead atoms. The van der Waals surface area contributed by atoms with Gasteiger partial charge in [0.2, 0.25) is 0 Å². The van der Waals surface area contributed by atoms with E-state index >= 15 is 0 Å². The lowest BCUT2D eigenvalue weighted by Crippen LogP contribution is -2.18. The van der Waals surface area contributed by atoms with Crippen LogP contribution in [0.1, 0.15) is 23.6 Å². The highest BCUT2D eigenvalue weighted by molar-refractivity contribution is 6.30. The van der Waals surface area contributed by atoms with Crippen LogP contribution < -0.4 is 5.01 Å². The first-order valence-electron chi connectivity index (χ1n) is 8.14. The third kappa shape index (κ3) is 3.28. The minimum Gasteiger partial charge on any atom is -0.257 e. The summed E-state index contributed by atoms with van der Waals surface area (Å²) in [5.74, 6) is -0.232. The normalized spacial score (nSPS) is 16.8. The van der Waals surface area contributed by atoms with E-state index in [9.17, 15) is 4.39 Å². The van der Waals surface area contributed by atoms with Crippen LogP contribution in [0.3, 0.4) is 0 Å². The van der Waals surface area contributed by atoms with Crippen molar-refractivity contribution in [2.45, 2.75) is 12.5 Å². The van der Waals surface area contributed by atoms with E-state index < -0.39 is 0 Å². The van der Waals surface area contributed by atoms with Crippen molar-refractivity contribution in [3.05, 3.63) is 101 Å². The fourth-order valence-corrected chi connectivity index (χ4v) is 3.22. The van der Waals surface area contributed by atoms with Crippen molar-refractivity contribution in [1.29, 1.82) is 0 Å². The SMILES string of the molecule is Fc1ccc([C@H]2CC(c3ccccc3)=NN2c2ccc(Cl)cc2)cc1. The van der Waals surface area contributed by atoms with E-state index in [2.05, 4.69) is 12.1 Å². The van der Waals surface area contributed by atoms with E-state index in [1.54, 1.807) is 0 Å². The van der Waals surface area contributed by atoms with Gasteiger partial charge in [0.25, 0.3) is 0 Å². The van der Waals surface area contributed by atoms with Crippen molar-refractivity contribution in [2.75, 3.05) is 5.01 Å². The van der Waals surface area contributed by atoms with Crippen LogP contribution >= 0.6 is 11.6 Å². The van der Waals surface area contributed by atoms with Crippen LogP contribution in [0.5, 0.6) is 0 Å². The molecule has 1 aliphatic heterocycles. The zero-order valence-electron chi connectivity index (χ0n) is 13.4. The first-order chi connectivity index (χ1) is 12.2. The predicted molar refractivity (Wildman–Crippen MR) is 101 cm³/mol. The monoisotopic (exact) mass is 350 g/mol. The Kier molecular flexibility index (Phi) is 4.24. The smallest absolute Gasteiger partial charge is 0.123 e. The maximum atomic E-state index is 13.3. The van der Waals surface area contributed by atoms with Gasteiger partial charge in [0.1, 0.15) is 5.82 Å². The van der Waals surface area contributed by atoms with E-state index in [0.717, 1.165) is 28.9 Å². The fraction of sp³-hybridized carbons (Fsp3) is 0.0952. The van der Waals surface area contributed by atoms with E-state index in [1.807, 2.05) is 59.6 Å². The molecule has 1 heterocycles. The van der Waals surface area contributed by atoms with Gasteiger partial charge in [0.05, 0.1) is 17.4 Å². The molecule has 2 nitrogen and oxygen atoms in total. The average molecular weight is 351 g/mol. The Hall–Kier alpha value is -2.65. The topological polar surface area (TPSA) is 15.6 Å². The molecule has 25 heavy (non-hydrogen) atoms. The molecule has 0 spiro atoms. The minimum atomic E-state index is -0.232. The van der Waals surface area contributed by atoms with E-state index in [1.165, 1.54) is 12.1 Å². The third-order valence-corrected chi connectivity index (χ3v) is 4.62. The summed E-state index contributed by atoms with van der Waals surface area (Å²) in [7, 11) is 0. The highest BCUT2D eigenvalue weighted by atomic mass is 35.5. The maximum Gasteiger partial charge on any atom is 0.123 e. The summed E-state index contributed by atoms with van der Waals surface area (Å²) in [5.41, 5.74) is 4.12. The molecule has 3 aromatic carbocycles. The zero-order valence-corrected chi connectivity index (χ0v) is 14.2. The Bertz CT molecular complexity index is 889. The molecule has 0 radical (unpaired) electrons. The van der Waals surface area contributed by atoms with Gasteiger partial charge in [0, 0.05) is 11.4 Å². The molecule has 3 aromatic rings. The summed E-state index contributed by atoms with van der Waals surface area (Å²) < 4.78 is 13.3. The van der Waals surface area contributed by atoms with Crippen LogP contribution in [0.15, 0.2) is 84.0 Å². The van der Waals surface area contributed by atoms with Crippen molar-refractivity contribution in [1.82, 2.24) is 0 Å². The number of hydrogen-bond acceptors (Lipinski definition) is 2. The number of rotatable bonds is 3. The molecule has 1 atom stereocenters. The first-order valence-corrected chi connectivity index (χ1v) is 8.52. The van der Waals surface area contributed by atoms with E-state index in [0.29, 0.717) is 5.02 Å². The second-order valence-corrected chi connectivity index (χ2v) is 6.44. The molecule has 4 rings (SSSR count). The summed E-state index contributed by atoms with van der Waals surface area (Å²) in [6.07, 6.45) is 0.762. The highest BCUT2D eigenvalue weighted by Gasteiger charge is 2.29. The number of hydrazone groups is 1. The molecular formula is C21H16ClFN2. The highest BCUT2D eigenvalue weighted by Crippen LogP contribution is 2.37. The number of hydrogen-bond donors (Lipinski definition) is 0. The Balaban J connectivity index is 1.74. The van der Waals surface area contributed by atoms with E-state index in [-0.39, 0.29) is 11.9 Å². The van der Waals surface area contributed by atoms with E-state index in [4.69, 9.17) is 16.7 Å². The molecule has 0 saturated carbocycles. The van der Waals surface area contributed by atoms with Crippen molar-refractivity contribution in [2.24, 2.45) is 5.10 Å². The fourth-order valence-electron chi connectivity index (χ4n) is 3.09. The van der Waals surface area contributed by atoms with Crippen molar-refractivity contribution in [3.8, 4) is 0 Å². The van der Waals surface area contributed by atoms with Gasteiger partial charge in [-0.2, -0.15) is 5.10 Å². The predicted octanol–water partition coefficient (Wildman–Crippen LogP) is 5.83. The molecule has 0 N–H and O–H groups in total. The van der Waals surface area contributed by atoms with Gasteiger partial charge in [-0.05, 0) is 47.5 Å². The molecule has 0 aromatic heterocycles. The second-order valence-electron chi connectivity index (χ2n) is 6.01. The zero-order chi connectivity index (χ0) is 17.2. The molecule has 0 aliphatic carbocycles. The number of benzene rings is 3. The number of halogens is 2. The van der Waals surface area contributed by atoms with Crippen LogP contribution in [0.2, 0.25) is 5.02 Å². The Morgan fingerprint density at radius 2 is 1.56 bits per heavy atom. The van der Waals surface area contributed by atoms with Crippen molar-refractivity contribution < 1.29 is 4.39 Å². The molecule has 124 valence electrons. The van der Waals surface area contributed by atoms with Crippen LogP contribution in [-0.4, -0.2) is 5.71 Å². The van der Waals surface area contributed by atoms with Gasteiger partial charge in [-0.15, -0.1) is 0 Å². The average Bonchev–Trinajstić information content (AvgIpc) is 3.09. The van der Waals surface area contributed by atoms with Gasteiger partial charge >= 0.3 is 0 Å². The third-order valence-electron chi connectivity index (χ3n) is 4.36. The Morgan fingerprint density at radius 3 is 2.24 bits per heavy atom. The number of nitrogens with zero attached hydrogens (tertiary/aromatic N) is 2. The molecule has 4 heteroatoms. The lowest BCUT2D eigenvalue weighted by Gasteiger charge is -2.24. The van der Waals surface area contributed by atoms with Crippen LogP contribution in [0.4, 0.5) is 10.1 Å². The molecule has 0 saturated heterocycles. The van der Waals surface area contributed by atoms with Gasteiger partial charge in [-0.25, -0.2) is 4.39 Å². The molecule has 0 amide bonds. The summed E-state index contributed by atoms with van der Waals surface area (Å²) in [6.45, 7) is 0. The van der Waals surface area contributed by atoms with Gasteiger partial charge < -0.3 is 0 Å². The summed E-state index contributed by atoms with van der Waals surface area (Å²) in [4.78, 5) is 0. The van der Waals surface area contributed by atoms with Crippen LogP contribution in [0, 0.1) is 5.82 Å². The van der Waals surface area contributed by atoms with Gasteiger partial charge in [-0.1, -0.05) is 54.1 Å². The molecule has 0 unspecified atom stereocenters. The van der Waals surface area contributed by atoms with Crippen molar-refractivity contribution >= 4 is 23.0 Å². The van der Waals surface area contributed by atoms with Gasteiger partial charge in [0.15, 0.2) is 0 Å². The summed E-state index contributed by atoms with van der Waals surface area (Å²) >= 11 is 6.02. The standard InChI is InChI=1S/C21H16ClFN2/c22-17-8-12-19(13-9-17)25-21(16-6-10-18(23)11-7-16)14-20(24-25)15-4-2-1-3-5-15/h1-13,21H,14H2/t21-/m1/s1. The molecular weight excluding hydrogens is 335 g/mol. The Morgan fingerprint density at radius 1 is 0.880 bits per heavy atom. The Labute approximate surface area is 151 Å². The van der Waals surface area contributed by atoms with Crippen LogP contribution in [0.25, 0.3) is 0 Å². The molecule has 0 fully saturated rings. The number of anilines is 1.